The summed E-state index contributed by atoms with van der Waals surface area (Å²) in [6, 6.07) is 10.0. The Balaban J connectivity index is 2.77. The van der Waals surface area contributed by atoms with Crippen LogP contribution in [0.25, 0.3) is 10.8 Å². The highest BCUT2D eigenvalue weighted by atomic mass is 19.1. The summed E-state index contributed by atoms with van der Waals surface area (Å²) in [5, 5.41) is 10.7. The topological polar surface area (TPSA) is 20.2 Å². The molecule has 2 aromatic rings. The Morgan fingerprint density at radius 2 is 2.00 bits per heavy atom. The van der Waals surface area contributed by atoms with E-state index in [1.165, 1.54) is 12.1 Å². The predicted octanol–water partition coefficient (Wildman–Crippen LogP) is 2.47. The molecule has 0 saturated carbocycles. The molecular weight excluding hydrogens is 167 g/mol. The lowest BCUT2D eigenvalue weighted by atomic mass is 10.1. The molecule has 2 heteroatoms. The molecule has 0 radical (unpaired) electrons. The summed E-state index contributed by atoms with van der Waals surface area (Å²) in [4.78, 5) is 0. The van der Waals surface area contributed by atoms with E-state index >= 15 is 0 Å². The second-order valence-electron chi connectivity index (χ2n) is 2.94. The highest BCUT2D eigenvalue weighted by molar-refractivity contribution is 5.85. The van der Waals surface area contributed by atoms with Crippen LogP contribution in [-0.4, -0.2) is 5.11 Å². The monoisotopic (exact) mass is 176 g/mol. The van der Waals surface area contributed by atoms with Crippen LogP contribution in [0, 0.1) is 5.82 Å². The maximum absolute atomic E-state index is 12.8. The van der Waals surface area contributed by atoms with E-state index in [0.29, 0.717) is 0 Å². The number of hydrogen-bond acceptors (Lipinski definition) is 1. The molecule has 0 heterocycles. The average molecular weight is 176 g/mol. The number of hydrogen-bond donors (Lipinski definition) is 1. The number of fused-ring (bicyclic) bond motifs is 1. The van der Waals surface area contributed by atoms with Crippen molar-refractivity contribution in [3.63, 3.8) is 0 Å². The van der Waals surface area contributed by atoms with Gasteiger partial charge in [0.05, 0.1) is 6.61 Å². The van der Waals surface area contributed by atoms with Crippen LogP contribution in [-0.2, 0) is 6.61 Å². The Morgan fingerprint density at radius 1 is 1.15 bits per heavy atom. The van der Waals surface area contributed by atoms with Crippen molar-refractivity contribution < 1.29 is 9.50 Å². The molecule has 0 atom stereocenters. The van der Waals surface area contributed by atoms with Gasteiger partial charge in [-0.1, -0.05) is 24.3 Å². The van der Waals surface area contributed by atoms with Gasteiger partial charge in [-0.3, -0.25) is 0 Å². The van der Waals surface area contributed by atoms with Crippen LogP contribution in [0.2, 0.25) is 0 Å². The van der Waals surface area contributed by atoms with E-state index in [1.807, 2.05) is 18.2 Å². The zero-order chi connectivity index (χ0) is 9.26. The molecule has 0 aliphatic carbocycles. The van der Waals surface area contributed by atoms with Gasteiger partial charge in [-0.05, 0) is 28.5 Å². The Bertz CT molecular complexity index is 437. The van der Waals surface area contributed by atoms with Crippen LogP contribution >= 0.6 is 0 Å². The number of aliphatic hydroxyl groups is 1. The smallest absolute Gasteiger partial charge is 0.123 e. The molecule has 1 N–H and O–H groups in total. The van der Waals surface area contributed by atoms with E-state index in [4.69, 9.17) is 5.11 Å². The number of rotatable bonds is 1. The van der Waals surface area contributed by atoms with Gasteiger partial charge in [0.2, 0.25) is 0 Å². The van der Waals surface area contributed by atoms with E-state index in [9.17, 15) is 4.39 Å². The molecule has 0 saturated heterocycles. The van der Waals surface area contributed by atoms with Crippen molar-refractivity contribution >= 4 is 10.8 Å². The molecule has 0 aromatic heterocycles. The standard InChI is InChI=1S/C11H9FO/c12-10-4-5-11-8(6-10)2-1-3-9(11)7-13/h1-6,13H,7H2. The number of halogens is 1. The molecule has 1 nitrogen and oxygen atoms in total. The van der Waals surface area contributed by atoms with Gasteiger partial charge >= 0.3 is 0 Å². The maximum atomic E-state index is 12.8. The summed E-state index contributed by atoms with van der Waals surface area (Å²) in [5.41, 5.74) is 0.831. The van der Waals surface area contributed by atoms with Crippen LogP contribution in [0.1, 0.15) is 5.56 Å². The van der Waals surface area contributed by atoms with Crippen molar-refractivity contribution in [2.45, 2.75) is 6.61 Å². The minimum atomic E-state index is -0.248. The number of benzene rings is 2. The van der Waals surface area contributed by atoms with Gasteiger partial charge in [0, 0.05) is 0 Å². The van der Waals surface area contributed by atoms with Crippen molar-refractivity contribution in [3.05, 3.63) is 47.8 Å². The SMILES string of the molecule is OCc1cccc2cc(F)ccc12. The summed E-state index contributed by atoms with van der Waals surface area (Å²) in [7, 11) is 0. The van der Waals surface area contributed by atoms with Gasteiger partial charge in [0.1, 0.15) is 5.82 Å². The minimum Gasteiger partial charge on any atom is -0.392 e. The summed E-state index contributed by atoms with van der Waals surface area (Å²) >= 11 is 0. The Kier molecular flexibility index (Phi) is 1.99. The van der Waals surface area contributed by atoms with Gasteiger partial charge in [-0.15, -0.1) is 0 Å². The Morgan fingerprint density at radius 3 is 2.77 bits per heavy atom. The zero-order valence-electron chi connectivity index (χ0n) is 7.00. The second-order valence-corrected chi connectivity index (χ2v) is 2.94. The molecule has 2 rings (SSSR count). The predicted molar refractivity (Wildman–Crippen MR) is 49.8 cm³/mol. The molecule has 0 amide bonds. The fourth-order valence-corrected chi connectivity index (χ4v) is 1.46. The minimum absolute atomic E-state index is 0.0109. The lowest BCUT2D eigenvalue weighted by Gasteiger charge is -2.02. The van der Waals surface area contributed by atoms with E-state index in [2.05, 4.69) is 0 Å². The first kappa shape index (κ1) is 8.20. The normalized spacial score (nSPS) is 10.6. The van der Waals surface area contributed by atoms with Crippen molar-refractivity contribution in [2.75, 3.05) is 0 Å². The molecule has 13 heavy (non-hydrogen) atoms. The van der Waals surface area contributed by atoms with Crippen molar-refractivity contribution in [3.8, 4) is 0 Å². The quantitative estimate of drug-likeness (QED) is 0.707. The molecule has 0 aliphatic heterocycles. The van der Waals surface area contributed by atoms with Crippen molar-refractivity contribution in [2.24, 2.45) is 0 Å². The van der Waals surface area contributed by atoms with Gasteiger partial charge in [0.25, 0.3) is 0 Å². The highest BCUT2D eigenvalue weighted by Crippen LogP contribution is 2.19. The summed E-state index contributed by atoms with van der Waals surface area (Å²) < 4.78 is 12.8. The molecule has 0 aliphatic rings. The third kappa shape index (κ3) is 1.40. The first-order valence-electron chi connectivity index (χ1n) is 4.09. The fourth-order valence-electron chi connectivity index (χ4n) is 1.46. The Hall–Kier alpha value is -1.41. The van der Waals surface area contributed by atoms with Gasteiger partial charge in [-0.25, -0.2) is 4.39 Å². The second kappa shape index (κ2) is 3.15. The van der Waals surface area contributed by atoms with Crippen LogP contribution in [0.5, 0.6) is 0 Å². The maximum Gasteiger partial charge on any atom is 0.123 e. The van der Waals surface area contributed by atoms with Crippen LogP contribution in [0.3, 0.4) is 0 Å². The lowest BCUT2D eigenvalue weighted by Crippen LogP contribution is -1.85. The van der Waals surface area contributed by atoms with E-state index < -0.39 is 0 Å². The van der Waals surface area contributed by atoms with Crippen LogP contribution < -0.4 is 0 Å². The first-order chi connectivity index (χ1) is 6.31. The summed E-state index contributed by atoms with van der Waals surface area (Å²) in [5.74, 6) is -0.248. The molecule has 2 aromatic carbocycles. The fraction of sp³-hybridized carbons (Fsp3) is 0.0909. The third-order valence-corrected chi connectivity index (χ3v) is 2.10. The number of aliphatic hydroxyl groups excluding tert-OH is 1. The van der Waals surface area contributed by atoms with E-state index in [1.54, 1.807) is 6.07 Å². The van der Waals surface area contributed by atoms with Crippen LogP contribution in [0.4, 0.5) is 4.39 Å². The molecule has 0 fully saturated rings. The third-order valence-electron chi connectivity index (χ3n) is 2.10. The molecule has 0 bridgehead atoms. The molecule has 66 valence electrons. The largest absolute Gasteiger partial charge is 0.392 e. The molecule has 0 unspecified atom stereocenters. The van der Waals surface area contributed by atoms with Gasteiger partial charge < -0.3 is 5.11 Å². The van der Waals surface area contributed by atoms with Gasteiger partial charge in [0.15, 0.2) is 0 Å². The van der Waals surface area contributed by atoms with Crippen molar-refractivity contribution in [1.82, 2.24) is 0 Å². The molecular formula is C11H9FO. The van der Waals surface area contributed by atoms with Crippen LogP contribution in [0.15, 0.2) is 36.4 Å². The van der Waals surface area contributed by atoms with Gasteiger partial charge in [-0.2, -0.15) is 0 Å². The molecule has 0 spiro atoms. The zero-order valence-corrected chi connectivity index (χ0v) is 7.00. The van der Waals surface area contributed by atoms with Crippen molar-refractivity contribution in [1.29, 1.82) is 0 Å². The lowest BCUT2D eigenvalue weighted by molar-refractivity contribution is 0.283. The van der Waals surface area contributed by atoms with E-state index in [0.717, 1.165) is 16.3 Å². The first-order valence-corrected chi connectivity index (χ1v) is 4.09. The summed E-state index contributed by atoms with van der Waals surface area (Å²) in [6.07, 6.45) is 0. The Labute approximate surface area is 75.4 Å². The van der Waals surface area contributed by atoms with E-state index in [-0.39, 0.29) is 12.4 Å². The highest BCUT2D eigenvalue weighted by Gasteiger charge is 1.99. The average Bonchev–Trinajstić information content (AvgIpc) is 2.16. The summed E-state index contributed by atoms with van der Waals surface area (Å²) in [6.45, 7) is -0.0109.